The monoisotopic (exact) mass is 270 g/mol. The summed E-state index contributed by atoms with van der Waals surface area (Å²) in [6, 6.07) is 8.30. The van der Waals surface area contributed by atoms with E-state index in [-0.39, 0.29) is 0 Å². The van der Waals surface area contributed by atoms with Gasteiger partial charge in [-0.15, -0.1) is 0 Å². The van der Waals surface area contributed by atoms with Gasteiger partial charge in [-0.05, 0) is 37.1 Å². The van der Waals surface area contributed by atoms with Crippen molar-refractivity contribution in [3.63, 3.8) is 0 Å². The summed E-state index contributed by atoms with van der Waals surface area (Å²) in [4.78, 5) is 15.3. The smallest absolute Gasteiger partial charge is 0.333 e. The van der Waals surface area contributed by atoms with Crippen LogP contribution in [0.4, 0.5) is 11.4 Å². The number of aliphatic carboxylic acids is 1. The lowest BCUT2D eigenvalue weighted by Gasteiger charge is -2.22. The zero-order chi connectivity index (χ0) is 13.9. The lowest BCUT2D eigenvalue weighted by Crippen LogP contribution is -2.18. The number of hydrogen-bond acceptors (Lipinski definition) is 3. The van der Waals surface area contributed by atoms with Crippen LogP contribution in [-0.4, -0.2) is 24.2 Å². The Hall–Kier alpha value is -2.23. The Morgan fingerprint density at radius 1 is 1.05 bits per heavy atom. The maximum atomic E-state index is 11.0. The molecule has 3 rings (SSSR count). The van der Waals surface area contributed by atoms with Crippen LogP contribution in [-0.2, 0) is 4.79 Å². The minimum absolute atomic E-state index is 0.413. The van der Waals surface area contributed by atoms with E-state index in [0.29, 0.717) is 12.0 Å². The molecule has 1 aromatic carbocycles. The van der Waals surface area contributed by atoms with Crippen LogP contribution < -0.4 is 9.80 Å². The van der Waals surface area contributed by atoms with Crippen molar-refractivity contribution in [2.24, 2.45) is 0 Å². The first kappa shape index (κ1) is 12.8. The molecule has 20 heavy (non-hydrogen) atoms. The SMILES string of the molecule is O=C(O)C1=CN(c2ccc(N3CCCC3)cc2)C=CC1. The summed E-state index contributed by atoms with van der Waals surface area (Å²) in [5.74, 6) is -0.854. The summed E-state index contributed by atoms with van der Waals surface area (Å²) in [6.07, 6.45) is 8.49. The Bertz CT molecular complexity index is 554. The Balaban J connectivity index is 1.78. The standard InChI is InChI=1S/C16H18N2O2/c19-16(20)13-4-3-11-18(12-13)15-7-5-14(6-8-15)17-9-1-2-10-17/h3,5-8,11-12H,1-2,4,9-10H2,(H,19,20). The lowest BCUT2D eigenvalue weighted by atomic mass is 10.1. The van der Waals surface area contributed by atoms with Crippen LogP contribution in [0.5, 0.6) is 0 Å². The number of carbonyl (C=O) groups is 1. The summed E-state index contributed by atoms with van der Waals surface area (Å²) >= 11 is 0. The minimum atomic E-state index is -0.854. The number of allylic oxidation sites excluding steroid dienone is 1. The molecule has 0 bridgehead atoms. The van der Waals surface area contributed by atoms with Crippen molar-refractivity contribution in [1.82, 2.24) is 0 Å². The van der Waals surface area contributed by atoms with Gasteiger partial charge in [0.25, 0.3) is 0 Å². The van der Waals surface area contributed by atoms with Crippen LogP contribution in [0.3, 0.4) is 0 Å². The molecule has 104 valence electrons. The highest BCUT2D eigenvalue weighted by Crippen LogP contribution is 2.26. The molecule has 0 aliphatic carbocycles. The molecule has 0 saturated carbocycles. The minimum Gasteiger partial charge on any atom is -0.478 e. The van der Waals surface area contributed by atoms with Crippen LogP contribution >= 0.6 is 0 Å². The van der Waals surface area contributed by atoms with Gasteiger partial charge in [0.1, 0.15) is 0 Å². The highest BCUT2D eigenvalue weighted by Gasteiger charge is 2.14. The molecule has 2 aliphatic rings. The molecule has 0 unspecified atom stereocenters. The number of rotatable bonds is 3. The molecule has 1 saturated heterocycles. The molecule has 1 N–H and O–H groups in total. The molecule has 4 heteroatoms. The van der Waals surface area contributed by atoms with Gasteiger partial charge in [-0.3, -0.25) is 0 Å². The first-order chi connectivity index (χ1) is 9.74. The quantitative estimate of drug-likeness (QED) is 0.917. The maximum Gasteiger partial charge on any atom is 0.333 e. The number of anilines is 2. The van der Waals surface area contributed by atoms with E-state index in [2.05, 4.69) is 17.0 Å². The van der Waals surface area contributed by atoms with E-state index < -0.39 is 5.97 Å². The van der Waals surface area contributed by atoms with Crippen molar-refractivity contribution < 1.29 is 9.90 Å². The van der Waals surface area contributed by atoms with Gasteiger partial charge >= 0.3 is 5.97 Å². The van der Waals surface area contributed by atoms with Crippen molar-refractivity contribution in [1.29, 1.82) is 0 Å². The van der Waals surface area contributed by atoms with Crippen LogP contribution in [0.1, 0.15) is 19.3 Å². The summed E-state index contributed by atoms with van der Waals surface area (Å²) in [5, 5.41) is 9.06. The normalized spacial score (nSPS) is 18.3. The summed E-state index contributed by atoms with van der Waals surface area (Å²) in [5.41, 5.74) is 2.65. The molecule has 1 aromatic rings. The first-order valence-electron chi connectivity index (χ1n) is 6.98. The van der Waals surface area contributed by atoms with Crippen molar-refractivity contribution in [2.45, 2.75) is 19.3 Å². The largest absolute Gasteiger partial charge is 0.478 e. The fourth-order valence-corrected chi connectivity index (χ4v) is 2.67. The molecule has 0 radical (unpaired) electrons. The summed E-state index contributed by atoms with van der Waals surface area (Å²) in [7, 11) is 0. The summed E-state index contributed by atoms with van der Waals surface area (Å²) < 4.78 is 0. The predicted octanol–water partition coefficient (Wildman–Crippen LogP) is 2.98. The zero-order valence-corrected chi connectivity index (χ0v) is 11.3. The third-order valence-corrected chi connectivity index (χ3v) is 3.79. The Morgan fingerprint density at radius 2 is 1.70 bits per heavy atom. The van der Waals surface area contributed by atoms with Crippen LogP contribution in [0.25, 0.3) is 0 Å². The van der Waals surface area contributed by atoms with E-state index in [1.165, 1.54) is 18.5 Å². The first-order valence-corrected chi connectivity index (χ1v) is 6.98. The third kappa shape index (κ3) is 2.54. The molecule has 4 nitrogen and oxygen atoms in total. The van der Waals surface area contributed by atoms with E-state index in [0.717, 1.165) is 18.8 Å². The average molecular weight is 270 g/mol. The second-order valence-electron chi connectivity index (χ2n) is 5.17. The number of hydrogen-bond donors (Lipinski definition) is 1. The number of nitrogens with zero attached hydrogens (tertiary/aromatic N) is 2. The van der Waals surface area contributed by atoms with E-state index in [4.69, 9.17) is 5.11 Å². The van der Waals surface area contributed by atoms with Crippen molar-refractivity contribution in [3.8, 4) is 0 Å². The Kier molecular flexibility index (Phi) is 3.46. The molecule has 0 amide bonds. The predicted molar refractivity (Wildman–Crippen MR) is 79.8 cm³/mol. The molecule has 0 spiro atoms. The van der Waals surface area contributed by atoms with Crippen molar-refractivity contribution in [3.05, 3.63) is 48.3 Å². The van der Waals surface area contributed by atoms with Crippen molar-refractivity contribution >= 4 is 17.3 Å². The van der Waals surface area contributed by atoms with Gasteiger partial charge in [-0.1, -0.05) is 6.08 Å². The highest BCUT2D eigenvalue weighted by atomic mass is 16.4. The van der Waals surface area contributed by atoms with Gasteiger partial charge in [-0.2, -0.15) is 0 Å². The van der Waals surface area contributed by atoms with Crippen LogP contribution in [0, 0.1) is 0 Å². The van der Waals surface area contributed by atoms with E-state index in [1.54, 1.807) is 6.20 Å². The van der Waals surface area contributed by atoms with Gasteiger partial charge in [-0.25, -0.2) is 4.79 Å². The zero-order valence-electron chi connectivity index (χ0n) is 11.3. The molecule has 0 atom stereocenters. The molecule has 2 aliphatic heterocycles. The molecule has 1 fully saturated rings. The fraction of sp³-hybridized carbons (Fsp3) is 0.312. The van der Waals surface area contributed by atoms with E-state index in [9.17, 15) is 4.79 Å². The summed E-state index contributed by atoms with van der Waals surface area (Å²) in [6.45, 7) is 2.26. The highest BCUT2D eigenvalue weighted by molar-refractivity contribution is 5.88. The topological polar surface area (TPSA) is 43.8 Å². The molecular weight excluding hydrogens is 252 g/mol. The van der Waals surface area contributed by atoms with Crippen LogP contribution in [0.15, 0.2) is 48.3 Å². The number of carboxylic acids is 1. The van der Waals surface area contributed by atoms with E-state index >= 15 is 0 Å². The number of benzene rings is 1. The third-order valence-electron chi connectivity index (χ3n) is 3.79. The van der Waals surface area contributed by atoms with Gasteiger partial charge in [0.2, 0.25) is 0 Å². The average Bonchev–Trinajstić information content (AvgIpc) is 3.02. The Morgan fingerprint density at radius 3 is 2.35 bits per heavy atom. The van der Waals surface area contributed by atoms with E-state index in [1.807, 2.05) is 29.3 Å². The van der Waals surface area contributed by atoms with Gasteiger partial charge in [0, 0.05) is 43.3 Å². The van der Waals surface area contributed by atoms with Gasteiger partial charge in [0.05, 0.1) is 5.57 Å². The fourth-order valence-electron chi connectivity index (χ4n) is 2.67. The van der Waals surface area contributed by atoms with Crippen LogP contribution in [0.2, 0.25) is 0 Å². The molecule has 0 aromatic heterocycles. The Labute approximate surface area is 118 Å². The number of carboxylic acid groups (broad SMARTS) is 1. The van der Waals surface area contributed by atoms with Crippen molar-refractivity contribution in [2.75, 3.05) is 22.9 Å². The molecular formula is C16H18N2O2. The van der Waals surface area contributed by atoms with Gasteiger partial charge < -0.3 is 14.9 Å². The maximum absolute atomic E-state index is 11.0. The second-order valence-corrected chi connectivity index (χ2v) is 5.17. The molecule has 2 heterocycles. The van der Waals surface area contributed by atoms with Gasteiger partial charge in [0.15, 0.2) is 0 Å². The lowest BCUT2D eigenvalue weighted by molar-refractivity contribution is -0.132. The second kappa shape index (κ2) is 5.41.